The molecule has 0 bridgehead atoms. The summed E-state index contributed by atoms with van der Waals surface area (Å²) in [6, 6.07) is 11.2. The largest absolute Gasteiger partial charge is 0.508 e. The van der Waals surface area contributed by atoms with E-state index in [0.717, 1.165) is 28.3 Å². The zero-order chi connectivity index (χ0) is 14.7. The van der Waals surface area contributed by atoms with E-state index in [0.29, 0.717) is 18.8 Å². The summed E-state index contributed by atoms with van der Waals surface area (Å²) < 4.78 is 5.61. The molecule has 0 aliphatic carbocycles. The number of aryl methyl sites for hydroxylation is 1. The number of benzene rings is 1. The molecule has 0 amide bonds. The first-order valence-electron chi connectivity index (χ1n) is 6.80. The second-order valence-corrected chi connectivity index (χ2v) is 4.91. The predicted octanol–water partition coefficient (Wildman–Crippen LogP) is 2.97. The molecular formula is C16H17N3O2. The van der Waals surface area contributed by atoms with Crippen molar-refractivity contribution in [1.29, 1.82) is 0 Å². The van der Waals surface area contributed by atoms with Crippen LogP contribution in [0.25, 0.3) is 11.5 Å². The van der Waals surface area contributed by atoms with Gasteiger partial charge in [0, 0.05) is 24.2 Å². The molecule has 0 aliphatic rings. The molecular weight excluding hydrogens is 266 g/mol. The second-order valence-electron chi connectivity index (χ2n) is 4.91. The Morgan fingerprint density at radius 1 is 1.14 bits per heavy atom. The number of hydrogen-bond acceptors (Lipinski definition) is 4. The van der Waals surface area contributed by atoms with E-state index < -0.39 is 0 Å². The molecule has 0 spiro atoms. The van der Waals surface area contributed by atoms with E-state index in [1.54, 1.807) is 12.3 Å². The number of para-hydroxylation sites is 1. The van der Waals surface area contributed by atoms with Gasteiger partial charge in [-0.15, -0.1) is 0 Å². The van der Waals surface area contributed by atoms with Crippen LogP contribution in [0, 0.1) is 6.92 Å². The van der Waals surface area contributed by atoms with Crippen molar-refractivity contribution >= 4 is 0 Å². The van der Waals surface area contributed by atoms with Crippen molar-refractivity contribution < 1.29 is 9.52 Å². The number of furan rings is 1. The standard InChI is InChI=1S/C16H17N3O2/c1-11-6-7-15(21-11)16-13(10-18-19-16)9-17-8-12-4-2-3-5-14(12)20/h2-7,10,17,20H,8-9H2,1H3,(H,18,19). The third kappa shape index (κ3) is 2.98. The summed E-state index contributed by atoms with van der Waals surface area (Å²) in [7, 11) is 0. The van der Waals surface area contributed by atoms with Gasteiger partial charge in [-0.25, -0.2) is 0 Å². The Morgan fingerprint density at radius 3 is 2.71 bits per heavy atom. The van der Waals surface area contributed by atoms with Gasteiger partial charge in [0.2, 0.25) is 0 Å². The average Bonchev–Trinajstić information content (AvgIpc) is 3.09. The van der Waals surface area contributed by atoms with Crippen LogP contribution in [-0.4, -0.2) is 15.3 Å². The Bertz CT molecular complexity index is 730. The molecule has 5 nitrogen and oxygen atoms in total. The fourth-order valence-electron chi connectivity index (χ4n) is 2.22. The molecule has 1 aromatic carbocycles. The molecule has 2 heterocycles. The third-order valence-corrected chi connectivity index (χ3v) is 3.33. The highest BCUT2D eigenvalue weighted by Crippen LogP contribution is 2.23. The highest BCUT2D eigenvalue weighted by molar-refractivity contribution is 5.56. The maximum absolute atomic E-state index is 9.73. The normalized spacial score (nSPS) is 10.9. The molecule has 3 N–H and O–H groups in total. The van der Waals surface area contributed by atoms with Crippen molar-refractivity contribution in [1.82, 2.24) is 15.5 Å². The monoisotopic (exact) mass is 283 g/mol. The summed E-state index contributed by atoms with van der Waals surface area (Å²) in [5.41, 5.74) is 2.78. The Balaban J connectivity index is 1.67. The van der Waals surface area contributed by atoms with E-state index in [2.05, 4.69) is 15.5 Å². The first-order valence-corrected chi connectivity index (χ1v) is 6.80. The van der Waals surface area contributed by atoms with Gasteiger partial charge in [-0.1, -0.05) is 18.2 Å². The van der Waals surface area contributed by atoms with E-state index in [9.17, 15) is 5.11 Å². The Hall–Kier alpha value is -2.53. The van der Waals surface area contributed by atoms with E-state index in [1.807, 2.05) is 37.3 Å². The molecule has 108 valence electrons. The summed E-state index contributed by atoms with van der Waals surface area (Å²) >= 11 is 0. The molecule has 3 rings (SSSR count). The van der Waals surface area contributed by atoms with Crippen molar-refractivity contribution in [3.63, 3.8) is 0 Å². The van der Waals surface area contributed by atoms with Crippen molar-refractivity contribution in [2.24, 2.45) is 0 Å². The smallest absolute Gasteiger partial charge is 0.152 e. The number of aromatic nitrogens is 2. The fourth-order valence-corrected chi connectivity index (χ4v) is 2.22. The number of phenols is 1. The summed E-state index contributed by atoms with van der Waals surface area (Å²) in [5.74, 6) is 1.95. The third-order valence-electron chi connectivity index (χ3n) is 3.33. The molecule has 3 aromatic rings. The molecule has 0 atom stereocenters. The molecule has 0 saturated carbocycles. The number of aromatic amines is 1. The van der Waals surface area contributed by atoms with Gasteiger partial charge in [-0.3, -0.25) is 5.10 Å². The minimum atomic E-state index is 0.305. The molecule has 2 aromatic heterocycles. The van der Waals surface area contributed by atoms with Crippen LogP contribution < -0.4 is 5.32 Å². The lowest BCUT2D eigenvalue weighted by molar-refractivity contribution is 0.464. The molecule has 0 aliphatic heterocycles. The van der Waals surface area contributed by atoms with Gasteiger partial charge in [0.25, 0.3) is 0 Å². The lowest BCUT2D eigenvalue weighted by Crippen LogP contribution is -2.12. The number of aromatic hydroxyl groups is 1. The van der Waals surface area contributed by atoms with Gasteiger partial charge in [0.1, 0.15) is 17.2 Å². The Morgan fingerprint density at radius 2 is 1.95 bits per heavy atom. The maximum Gasteiger partial charge on any atom is 0.152 e. The fraction of sp³-hybridized carbons (Fsp3) is 0.188. The van der Waals surface area contributed by atoms with Gasteiger partial charge < -0.3 is 14.8 Å². The van der Waals surface area contributed by atoms with Crippen molar-refractivity contribution in [3.05, 3.63) is 59.5 Å². The number of nitrogens with one attached hydrogen (secondary N) is 2. The molecule has 0 unspecified atom stereocenters. The predicted molar refractivity (Wildman–Crippen MR) is 79.7 cm³/mol. The van der Waals surface area contributed by atoms with Crippen LogP contribution >= 0.6 is 0 Å². The van der Waals surface area contributed by atoms with Gasteiger partial charge in [-0.2, -0.15) is 5.10 Å². The zero-order valence-electron chi connectivity index (χ0n) is 11.8. The number of rotatable bonds is 5. The molecule has 21 heavy (non-hydrogen) atoms. The Kier molecular flexibility index (Phi) is 3.75. The first kappa shape index (κ1) is 13.5. The van der Waals surface area contributed by atoms with E-state index >= 15 is 0 Å². The highest BCUT2D eigenvalue weighted by atomic mass is 16.3. The minimum Gasteiger partial charge on any atom is -0.508 e. The number of nitrogens with zero attached hydrogens (tertiary/aromatic N) is 1. The summed E-state index contributed by atoms with van der Waals surface area (Å²) in [6.07, 6.45) is 1.78. The van der Waals surface area contributed by atoms with E-state index in [4.69, 9.17) is 4.42 Å². The quantitative estimate of drug-likeness (QED) is 0.673. The maximum atomic E-state index is 9.73. The average molecular weight is 283 g/mol. The van der Waals surface area contributed by atoms with Gasteiger partial charge in [0.05, 0.1) is 6.20 Å². The molecule has 0 radical (unpaired) electrons. The lowest BCUT2D eigenvalue weighted by atomic mass is 10.2. The van der Waals surface area contributed by atoms with Crippen molar-refractivity contribution in [2.45, 2.75) is 20.0 Å². The van der Waals surface area contributed by atoms with E-state index in [1.165, 1.54) is 0 Å². The van der Waals surface area contributed by atoms with Crippen LogP contribution in [0.3, 0.4) is 0 Å². The minimum absolute atomic E-state index is 0.305. The second kappa shape index (κ2) is 5.85. The van der Waals surface area contributed by atoms with Crippen LogP contribution in [0.15, 0.2) is 47.0 Å². The molecule has 0 fully saturated rings. The van der Waals surface area contributed by atoms with Crippen LogP contribution in [-0.2, 0) is 13.1 Å². The summed E-state index contributed by atoms with van der Waals surface area (Å²) in [4.78, 5) is 0. The van der Waals surface area contributed by atoms with Crippen LogP contribution in [0.2, 0.25) is 0 Å². The topological polar surface area (TPSA) is 74.1 Å². The van der Waals surface area contributed by atoms with Gasteiger partial charge in [0.15, 0.2) is 5.76 Å². The number of phenolic OH excluding ortho intramolecular Hbond substituents is 1. The van der Waals surface area contributed by atoms with Crippen LogP contribution in [0.4, 0.5) is 0 Å². The SMILES string of the molecule is Cc1ccc(-c2[nH]ncc2CNCc2ccccc2O)o1. The lowest BCUT2D eigenvalue weighted by Gasteiger charge is -2.06. The molecule has 0 saturated heterocycles. The number of H-pyrrole nitrogens is 1. The Labute approximate surface area is 122 Å². The first-order chi connectivity index (χ1) is 10.2. The van der Waals surface area contributed by atoms with Gasteiger partial charge >= 0.3 is 0 Å². The highest BCUT2D eigenvalue weighted by Gasteiger charge is 2.11. The summed E-state index contributed by atoms with van der Waals surface area (Å²) in [6.45, 7) is 3.14. The summed E-state index contributed by atoms with van der Waals surface area (Å²) in [5, 5.41) is 20.1. The van der Waals surface area contributed by atoms with E-state index in [-0.39, 0.29) is 0 Å². The van der Waals surface area contributed by atoms with Gasteiger partial charge in [-0.05, 0) is 25.1 Å². The number of hydrogen-bond donors (Lipinski definition) is 3. The van der Waals surface area contributed by atoms with Crippen LogP contribution in [0.1, 0.15) is 16.9 Å². The molecule has 5 heteroatoms. The zero-order valence-corrected chi connectivity index (χ0v) is 11.8. The van der Waals surface area contributed by atoms with Crippen LogP contribution in [0.5, 0.6) is 5.75 Å². The van der Waals surface area contributed by atoms with Crippen molar-refractivity contribution in [3.8, 4) is 17.2 Å². The van der Waals surface area contributed by atoms with Crippen molar-refractivity contribution in [2.75, 3.05) is 0 Å².